The molecule has 0 heterocycles. The predicted octanol–water partition coefficient (Wildman–Crippen LogP) is 2.44. The van der Waals surface area contributed by atoms with E-state index in [2.05, 4.69) is 10.6 Å². The molecule has 3 N–H and O–H groups in total. The minimum Gasteiger partial charge on any atom is -0.396 e. The van der Waals surface area contributed by atoms with Gasteiger partial charge in [-0.3, -0.25) is 9.59 Å². The van der Waals surface area contributed by atoms with Gasteiger partial charge in [-0.05, 0) is 36.5 Å². The van der Waals surface area contributed by atoms with Crippen molar-refractivity contribution in [2.24, 2.45) is 0 Å². The molecule has 0 aromatic heterocycles. The first-order valence-corrected chi connectivity index (χ1v) is 8.11. The number of anilines is 1. The summed E-state index contributed by atoms with van der Waals surface area (Å²) < 4.78 is 13.5. The Labute approximate surface area is 145 Å². The third-order valence-corrected chi connectivity index (χ3v) is 3.86. The fraction of sp³-hybridized carbons (Fsp3) is 0.263. The van der Waals surface area contributed by atoms with Crippen molar-refractivity contribution in [1.29, 1.82) is 0 Å². The molecule has 2 rings (SSSR count). The van der Waals surface area contributed by atoms with Gasteiger partial charge >= 0.3 is 11.8 Å². The molecule has 2 amide bonds. The highest BCUT2D eigenvalue weighted by atomic mass is 19.1. The van der Waals surface area contributed by atoms with Gasteiger partial charge < -0.3 is 15.7 Å². The van der Waals surface area contributed by atoms with Gasteiger partial charge in [0, 0.05) is 13.2 Å². The van der Waals surface area contributed by atoms with E-state index in [1.807, 2.05) is 30.3 Å². The maximum Gasteiger partial charge on any atom is 0.313 e. The normalized spacial score (nSPS) is 11.6. The molecule has 1 atom stereocenters. The number of carbonyl (C=O) groups is 2. The molecule has 2 aromatic carbocycles. The van der Waals surface area contributed by atoms with Gasteiger partial charge in [0.25, 0.3) is 0 Å². The molecule has 132 valence electrons. The summed E-state index contributed by atoms with van der Waals surface area (Å²) in [5.41, 5.74) is 1.03. The molecule has 5 nitrogen and oxygen atoms in total. The molecule has 6 heteroatoms. The zero-order chi connectivity index (χ0) is 18.1. The van der Waals surface area contributed by atoms with Crippen LogP contribution in [0.1, 0.15) is 24.3 Å². The molecule has 0 radical (unpaired) electrons. The molecule has 0 saturated heterocycles. The quantitative estimate of drug-likeness (QED) is 0.675. The minimum atomic E-state index is -0.913. The Hall–Kier alpha value is -2.73. The second kappa shape index (κ2) is 9.54. The molecule has 25 heavy (non-hydrogen) atoms. The molecule has 0 saturated carbocycles. The van der Waals surface area contributed by atoms with E-state index in [-0.39, 0.29) is 24.8 Å². The van der Waals surface area contributed by atoms with E-state index >= 15 is 0 Å². The van der Waals surface area contributed by atoms with Crippen LogP contribution >= 0.6 is 0 Å². The van der Waals surface area contributed by atoms with Crippen LogP contribution in [0.4, 0.5) is 10.1 Å². The van der Waals surface area contributed by atoms with Crippen LogP contribution in [-0.2, 0) is 9.59 Å². The fourth-order valence-corrected chi connectivity index (χ4v) is 2.54. The first-order chi connectivity index (χ1) is 12.1. The summed E-state index contributed by atoms with van der Waals surface area (Å²) in [5.74, 6) is -2.25. The molecule has 0 fully saturated rings. The van der Waals surface area contributed by atoms with Crippen LogP contribution in [0.3, 0.4) is 0 Å². The summed E-state index contributed by atoms with van der Waals surface area (Å²) in [4.78, 5) is 23.6. The molecule has 0 bridgehead atoms. The van der Waals surface area contributed by atoms with E-state index in [0.717, 1.165) is 5.56 Å². The number of carbonyl (C=O) groups excluding carboxylic acids is 2. The Morgan fingerprint density at radius 2 is 1.64 bits per heavy atom. The lowest BCUT2D eigenvalue weighted by molar-refractivity contribution is -0.136. The molecule has 0 aliphatic carbocycles. The largest absolute Gasteiger partial charge is 0.396 e. The van der Waals surface area contributed by atoms with Crippen LogP contribution in [0.5, 0.6) is 0 Å². The number of hydrogen-bond donors (Lipinski definition) is 3. The lowest BCUT2D eigenvalue weighted by atomic mass is 9.93. The van der Waals surface area contributed by atoms with Crippen molar-refractivity contribution in [3.8, 4) is 0 Å². The Kier molecular flexibility index (Phi) is 7.10. The molecular formula is C19H21FN2O3. The van der Waals surface area contributed by atoms with Gasteiger partial charge in [0.05, 0.1) is 5.69 Å². The van der Waals surface area contributed by atoms with Gasteiger partial charge in [-0.1, -0.05) is 42.5 Å². The number of para-hydroxylation sites is 1. The number of aliphatic hydroxyl groups is 1. The molecule has 2 aromatic rings. The van der Waals surface area contributed by atoms with Gasteiger partial charge in [0.2, 0.25) is 0 Å². The topological polar surface area (TPSA) is 78.4 Å². The Bertz CT molecular complexity index is 707. The third-order valence-electron chi connectivity index (χ3n) is 3.86. The maximum absolute atomic E-state index is 13.5. The SMILES string of the molecule is O=C(NCCC(CCO)c1ccccc1)C(=O)Nc1ccccc1F. The number of rotatable bonds is 7. The van der Waals surface area contributed by atoms with Crippen molar-refractivity contribution < 1.29 is 19.1 Å². The summed E-state index contributed by atoms with van der Waals surface area (Å²) in [6.07, 6.45) is 1.16. The van der Waals surface area contributed by atoms with Gasteiger partial charge in [-0.15, -0.1) is 0 Å². The van der Waals surface area contributed by atoms with E-state index in [4.69, 9.17) is 0 Å². The predicted molar refractivity (Wildman–Crippen MR) is 93.5 cm³/mol. The lowest BCUT2D eigenvalue weighted by Crippen LogP contribution is -2.36. The van der Waals surface area contributed by atoms with Crippen LogP contribution in [0.25, 0.3) is 0 Å². The van der Waals surface area contributed by atoms with E-state index in [1.54, 1.807) is 6.07 Å². The van der Waals surface area contributed by atoms with Crippen LogP contribution in [0.15, 0.2) is 54.6 Å². The summed E-state index contributed by atoms with van der Waals surface area (Å²) in [5, 5.41) is 14.0. The number of hydrogen-bond acceptors (Lipinski definition) is 3. The standard InChI is InChI=1S/C19H21FN2O3/c20-16-8-4-5-9-17(16)22-19(25)18(24)21-12-10-15(11-13-23)14-6-2-1-3-7-14/h1-9,15,23H,10-13H2,(H,21,24)(H,22,25). The highest BCUT2D eigenvalue weighted by Gasteiger charge is 2.16. The lowest BCUT2D eigenvalue weighted by Gasteiger charge is -2.16. The highest BCUT2D eigenvalue weighted by molar-refractivity contribution is 6.39. The molecular weight excluding hydrogens is 323 g/mol. The molecule has 0 aliphatic heterocycles. The van der Waals surface area contributed by atoms with Gasteiger partial charge in [-0.2, -0.15) is 0 Å². The van der Waals surface area contributed by atoms with Crippen molar-refractivity contribution in [2.75, 3.05) is 18.5 Å². The van der Waals surface area contributed by atoms with Gasteiger partial charge in [0.15, 0.2) is 0 Å². The number of amides is 2. The monoisotopic (exact) mass is 344 g/mol. The van der Waals surface area contributed by atoms with Gasteiger partial charge in [-0.25, -0.2) is 4.39 Å². The number of halogens is 1. The number of nitrogens with one attached hydrogen (secondary N) is 2. The maximum atomic E-state index is 13.5. The van der Waals surface area contributed by atoms with E-state index in [0.29, 0.717) is 12.8 Å². The van der Waals surface area contributed by atoms with Crippen LogP contribution in [0.2, 0.25) is 0 Å². The first kappa shape index (κ1) is 18.6. The van der Waals surface area contributed by atoms with Gasteiger partial charge in [0.1, 0.15) is 5.82 Å². The third kappa shape index (κ3) is 5.69. The molecule has 0 spiro atoms. The Morgan fingerprint density at radius 3 is 2.32 bits per heavy atom. The molecule has 1 unspecified atom stereocenters. The summed E-state index contributed by atoms with van der Waals surface area (Å²) >= 11 is 0. The molecule has 0 aliphatic rings. The summed E-state index contributed by atoms with van der Waals surface area (Å²) in [7, 11) is 0. The zero-order valence-electron chi connectivity index (χ0n) is 13.7. The zero-order valence-corrected chi connectivity index (χ0v) is 13.7. The smallest absolute Gasteiger partial charge is 0.313 e. The highest BCUT2D eigenvalue weighted by Crippen LogP contribution is 2.22. The van der Waals surface area contributed by atoms with Crippen molar-refractivity contribution in [1.82, 2.24) is 5.32 Å². The Balaban J connectivity index is 1.84. The van der Waals surface area contributed by atoms with Crippen LogP contribution in [0, 0.1) is 5.82 Å². The van der Waals surface area contributed by atoms with Crippen molar-refractivity contribution in [3.05, 3.63) is 66.0 Å². The second-order valence-corrected chi connectivity index (χ2v) is 5.60. The average molecular weight is 344 g/mol. The van der Waals surface area contributed by atoms with Crippen molar-refractivity contribution >= 4 is 17.5 Å². The van der Waals surface area contributed by atoms with E-state index in [9.17, 15) is 19.1 Å². The van der Waals surface area contributed by atoms with Crippen molar-refractivity contribution in [2.45, 2.75) is 18.8 Å². The summed E-state index contributed by atoms with van der Waals surface area (Å²) in [6, 6.07) is 15.3. The van der Waals surface area contributed by atoms with Crippen molar-refractivity contribution in [3.63, 3.8) is 0 Å². The van der Waals surface area contributed by atoms with Crippen LogP contribution < -0.4 is 10.6 Å². The van der Waals surface area contributed by atoms with E-state index in [1.165, 1.54) is 18.2 Å². The minimum absolute atomic E-state index is 0.0370. The number of aliphatic hydroxyl groups excluding tert-OH is 1. The Morgan fingerprint density at radius 1 is 0.960 bits per heavy atom. The first-order valence-electron chi connectivity index (χ1n) is 8.11. The second-order valence-electron chi connectivity index (χ2n) is 5.60. The van der Waals surface area contributed by atoms with E-state index < -0.39 is 17.6 Å². The summed E-state index contributed by atoms with van der Waals surface area (Å²) in [6.45, 7) is 0.324. The average Bonchev–Trinajstić information content (AvgIpc) is 2.63. The van der Waals surface area contributed by atoms with Crippen LogP contribution in [-0.4, -0.2) is 30.1 Å². The number of benzene rings is 2. The fourth-order valence-electron chi connectivity index (χ4n) is 2.54.